The standard InChI is InChI=1S/C15H13N3O2/c1-11(15(19)18-8-7-16-10-18)20-13-4-5-14-12(9-13)3-2-6-17-14/h2-11H,1H3. The van der Waals surface area contributed by atoms with Crippen molar-refractivity contribution >= 4 is 16.8 Å². The third kappa shape index (κ3) is 2.38. The number of carbonyl (C=O) groups is 1. The number of carbonyl (C=O) groups excluding carboxylic acids is 1. The minimum absolute atomic E-state index is 0.159. The van der Waals surface area contributed by atoms with E-state index in [9.17, 15) is 4.79 Å². The van der Waals surface area contributed by atoms with Gasteiger partial charge in [-0.25, -0.2) is 4.98 Å². The summed E-state index contributed by atoms with van der Waals surface area (Å²) in [6, 6.07) is 9.38. The van der Waals surface area contributed by atoms with Crippen molar-refractivity contribution in [3.8, 4) is 5.75 Å². The molecule has 0 saturated heterocycles. The van der Waals surface area contributed by atoms with E-state index < -0.39 is 6.10 Å². The van der Waals surface area contributed by atoms with Crippen LogP contribution in [0.1, 0.15) is 11.7 Å². The van der Waals surface area contributed by atoms with Crippen LogP contribution in [0.25, 0.3) is 10.9 Å². The first-order chi connectivity index (χ1) is 9.74. The molecule has 3 rings (SSSR count). The van der Waals surface area contributed by atoms with E-state index in [1.54, 1.807) is 25.5 Å². The van der Waals surface area contributed by atoms with Crippen molar-refractivity contribution in [3.63, 3.8) is 0 Å². The maximum absolute atomic E-state index is 12.1. The van der Waals surface area contributed by atoms with Gasteiger partial charge in [0.2, 0.25) is 0 Å². The fraction of sp³-hybridized carbons (Fsp3) is 0.133. The zero-order chi connectivity index (χ0) is 13.9. The molecule has 0 aliphatic carbocycles. The van der Waals surface area contributed by atoms with E-state index in [1.807, 2.05) is 30.3 Å². The molecule has 0 saturated carbocycles. The number of imidazole rings is 1. The molecule has 0 aliphatic rings. The number of nitrogens with zero attached hydrogens (tertiary/aromatic N) is 3. The molecule has 2 aromatic heterocycles. The van der Waals surface area contributed by atoms with Gasteiger partial charge >= 0.3 is 0 Å². The number of hydrogen-bond donors (Lipinski definition) is 0. The second-order valence-corrected chi connectivity index (χ2v) is 4.43. The highest BCUT2D eigenvalue weighted by Crippen LogP contribution is 2.20. The fourth-order valence-corrected chi connectivity index (χ4v) is 1.98. The number of rotatable bonds is 3. The molecule has 0 radical (unpaired) electrons. The predicted octanol–water partition coefficient (Wildman–Crippen LogP) is 2.54. The van der Waals surface area contributed by atoms with Crippen molar-refractivity contribution in [2.45, 2.75) is 13.0 Å². The lowest BCUT2D eigenvalue weighted by Gasteiger charge is -2.14. The highest BCUT2D eigenvalue weighted by molar-refractivity contribution is 5.83. The molecule has 0 amide bonds. The molecule has 1 atom stereocenters. The first-order valence-electron chi connectivity index (χ1n) is 6.27. The number of fused-ring (bicyclic) bond motifs is 1. The number of aromatic nitrogens is 3. The number of pyridine rings is 1. The molecule has 100 valence electrons. The van der Waals surface area contributed by atoms with Crippen molar-refractivity contribution in [3.05, 3.63) is 55.2 Å². The normalized spacial score (nSPS) is 12.2. The Morgan fingerprint density at radius 1 is 1.30 bits per heavy atom. The van der Waals surface area contributed by atoms with E-state index in [4.69, 9.17) is 4.74 Å². The molecule has 20 heavy (non-hydrogen) atoms. The minimum Gasteiger partial charge on any atom is -0.481 e. The van der Waals surface area contributed by atoms with Crippen LogP contribution in [0.5, 0.6) is 5.75 Å². The van der Waals surface area contributed by atoms with Crippen molar-refractivity contribution < 1.29 is 9.53 Å². The molecule has 0 bridgehead atoms. The van der Waals surface area contributed by atoms with Crippen molar-refractivity contribution in [1.29, 1.82) is 0 Å². The molecule has 0 fully saturated rings. The third-order valence-corrected chi connectivity index (χ3v) is 2.99. The molecule has 0 aliphatic heterocycles. The maximum Gasteiger partial charge on any atom is 0.272 e. The first kappa shape index (κ1) is 12.3. The molecule has 1 aromatic carbocycles. The Bertz CT molecular complexity index is 738. The smallest absolute Gasteiger partial charge is 0.272 e. The van der Waals surface area contributed by atoms with Crippen LogP contribution in [0.15, 0.2) is 55.2 Å². The molecule has 5 heteroatoms. The first-order valence-corrected chi connectivity index (χ1v) is 6.27. The second-order valence-electron chi connectivity index (χ2n) is 4.43. The van der Waals surface area contributed by atoms with Crippen LogP contribution in [0.2, 0.25) is 0 Å². The zero-order valence-electron chi connectivity index (χ0n) is 10.9. The van der Waals surface area contributed by atoms with Crippen LogP contribution < -0.4 is 4.74 Å². The lowest BCUT2D eigenvalue weighted by Crippen LogP contribution is -2.28. The fourth-order valence-electron chi connectivity index (χ4n) is 1.98. The van der Waals surface area contributed by atoms with Gasteiger partial charge in [-0.3, -0.25) is 14.3 Å². The van der Waals surface area contributed by atoms with Gasteiger partial charge in [0.15, 0.2) is 6.10 Å². The lowest BCUT2D eigenvalue weighted by atomic mass is 10.2. The summed E-state index contributed by atoms with van der Waals surface area (Å²) in [7, 11) is 0. The molecule has 1 unspecified atom stereocenters. The van der Waals surface area contributed by atoms with E-state index in [0.29, 0.717) is 5.75 Å². The zero-order valence-corrected chi connectivity index (χ0v) is 10.9. The predicted molar refractivity (Wildman–Crippen MR) is 74.7 cm³/mol. The molecule has 0 N–H and O–H groups in total. The third-order valence-electron chi connectivity index (χ3n) is 2.99. The summed E-state index contributed by atoms with van der Waals surface area (Å²) in [6.45, 7) is 1.72. The van der Waals surface area contributed by atoms with Crippen LogP contribution in [-0.2, 0) is 0 Å². The van der Waals surface area contributed by atoms with Gasteiger partial charge in [0, 0.05) is 24.0 Å². The van der Waals surface area contributed by atoms with Gasteiger partial charge in [-0.2, -0.15) is 0 Å². The monoisotopic (exact) mass is 267 g/mol. The van der Waals surface area contributed by atoms with Crippen molar-refractivity contribution in [2.75, 3.05) is 0 Å². The molecule has 2 heterocycles. The van der Waals surface area contributed by atoms with E-state index in [-0.39, 0.29) is 5.91 Å². The topological polar surface area (TPSA) is 57.0 Å². The number of benzene rings is 1. The number of hydrogen-bond acceptors (Lipinski definition) is 4. The Kier molecular flexibility index (Phi) is 3.16. The minimum atomic E-state index is -0.585. The van der Waals surface area contributed by atoms with Crippen LogP contribution >= 0.6 is 0 Å². The van der Waals surface area contributed by atoms with Gasteiger partial charge in [0.25, 0.3) is 5.91 Å². The van der Waals surface area contributed by atoms with Crippen LogP contribution in [0, 0.1) is 0 Å². The van der Waals surface area contributed by atoms with Gasteiger partial charge in [-0.1, -0.05) is 6.07 Å². The Labute approximate surface area is 115 Å². The summed E-state index contributed by atoms with van der Waals surface area (Å²) in [4.78, 5) is 20.2. The number of ether oxygens (including phenoxy) is 1. The summed E-state index contributed by atoms with van der Waals surface area (Å²) in [6.07, 6.45) is 5.79. The molecule has 0 spiro atoms. The van der Waals surface area contributed by atoms with Crippen molar-refractivity contribution in [2.24, 2.45) is 0 Å². The summed E-state index contributed by atoms with van der Waals surface area (Å²) in [5, 5.41) is 0.979. The summed E-state index contributed by atoms with van der Waals surface area (Å²) < 4.78 is 7.09. The highest BCUT2D eigenvalue weighted by atomic mass is 16.5. The molecule has 3 aromatic rings. The largest absolute Gasteiger partial charge is 0.481 e. The SMILES string of the molecule is CC(Oc1ccc2ncccc2c1)C(=O)n1ccnc1. The van der Waals surface area contributed by atoms with Gasteiger partial charge in [0.1, 0.15) is 12.1 Å². The van der Waals surface area contributed by atoms with E-state index in [2.05, 4.69) is 9.97 Å². The van der Waals surface area contributed by atoms with E-state index in [1.165, 1.54) is 10.9 Å². The molecular weight excluding hydrogens is 254 g/mol. The Morgan fingerprint density at radius 2 is 2.20 bits per heavy atom. The van der Waals surface area contributed by atoms with E-state index in [0.717, 1.165) is 10.9 Å². The Balaban J connectivity index is 1.80. The van der Waals surface area contributed by atoms with Gasteiger partial charge in [-0.05, 0) is 31.2 Å². The lowest BCUT2D eigenvalue weighted by molar-refractivity contribution is 0.0727. The maximum atomic E-state index is 12.1. The van der Waals surface area contributed by atoms with Crippen molar-refractivity contribution in [1.82, 2.24) is 14.5 Å². The van der Waals surface area contributed by atoms with Crippen LogP contribution in [0.4, 0.5) is 0 Å². The highest BCUT2D eigenvalue weighted by Gasteiger charge is 2.16. The molecule has 5 nitrogen and oxygen atoms in total. The summed E-state index contributed by atoms with van der Waals surface area (Å²) in [5.74, 6) is 0.486. The van der Waals surface area contributed by atoms with Gasteiger partial charge < -0.3 is 4.74 Å². The van der Waals surface area contributed by atoms with Crippen LogP contribution in [0.3, 0.4) is 0 Å². The Morgan fingerprint density at radius 3 is 3.00 bits per heavy atom. The van der Waals surface area contributed by atoms with Gasteiger partial charge in [0.05, 0.1) is 5.52 Å². The van der Waals surface area contributed by atoms with Crippen LogP contribution in [-0.4, -0.2) is 26.5 Å². The summed E-state index contributed by atoms with van der Waals surface area (Å²) in [5.41, 5.74) is 0.897. The average molecular weight is 267 g/mol. The van der Waals surface area contributed by atoms with Gasteiger partial charge in [-0.15, -0.1) is 0 Å². The second kappa shape index (κ2) is 5.13. The Hall–Kier alpha value is -2.69. The average Bonchev–Trinajstić information content (AvgIpc) is 3.00. The summed E-state index contributed by atoms with van der Waals surface area (Å²) >= 11 is 0. The molecular formula is C15H13N3O2. The quantitative estimate of drug-likeness (QED) is 0.731. The van der Waals surface area contributed by atoms with E-state index >= 15 is 0 Å².